The second-order valence-corrected chi connectivity index (χ2v) is 9.24. The highest BCUT2D eigenvalue weighted by molar-refractivity contribution is 5.91. The fraction of sp³-hybridized carbons (Fsp3) is 0.423. The number of hydrogen-bond acceptors (Lipinski definition) is 5. The minimum absolute atomic E-state index is 0.0697. The van der Waals surface area contributed by atoms with Crippen molar-refractivity contribution in [2.75, 3.05) is 32.9 Å². The van der Waals surface area contributed by atoms with E-state index in [1.165, 1.54) is 0 Å². The van der Waals surface area contributed by atoms with Gasteiger partial charge in [0, 0.05) is 32.0 Å². The molecule has 5 rings (SSSR count). The molecule has 8 nitrogen and oxygen atoms in total. The molecule has 2 amide bonds. The van der Waals surface area contributed by atoms with Crippen molar-refractivity contribution in [1.29, 1.82) is 0 Å². The number of likely N-dealkylation sites (tertiary alicyclic amines) is 1. The zero-order chi connectivity index (χ0) is 23.7. The first kappa shape index (κ1) is 22.4. The van der Waals surface area contributed by atoms with Crippen LogP contribution in [0, 0.1) is 5.92 Å². The summed E-state index contributed by atoms with van der Waals surface area (Å²) in [6, 6.07) is 16.2. The molecule has 34 heavy (non-hydrogen) atoms. The number of fused-ring (bicyclic) bond motifs is 3. The molecule has 178 valence electrons. The molecule has 2 fully saturated rings. The summed E-state index contributed by atoms with van der Waals surface area (Å²) in [6.07, 6.45) is 0.516. The lowest BCUT2D eigenvalue weighted by molar-refractivity contribution is -0.147. The Labute approximate surface area is 197 Å². The van der Waals surface area contributed by atoms with Gasteiger partial charge in [-0.15, -0.1) is 0 Å². The Morgan fingerprint density at radius 1 is 1.03 bits per heavy atom. The van der Waals surface area contributed by atoms with Crippen LogP contribution in [0.4, 0.5) is 4.79 Å². The van der Waals surface area contributed by atoms with E-state index in [4.69, 9.17) is 9.47 Å². The van der Waals surface area contributed by atoms with Crippen molar-refractivity contribution >= 4 is 18.0 Å². The van der Waals surface area contributed by atoms with E-state index in [-0.39, 0.29) is 25.0 Å². The quantitative estimate of drug-likeness (QED) is 0.705. The lowest BCUT2D eigenvalue weighted by Gasteiger charge is -2.37. The Hall–Kier alpha value is -3.39. The number of alkyl carbamates (subject to hydrolysis) is 1. The first-order valence-electron chi connectivity index (χ1n) is 11.7. The van der Waals surface area contributed by atoms with Crippen molar-refractivity contribution in [1.82, 2.24) is 10.2 Å². The number of ether oxygens (including phenoxy) is 2. The SMILES string of the molecule is O=C(NC1(C(=O)N2CCC(C(=O)O)CC2)CCOC1)OCC1c2ccccc2-c2ccccc21. The third-order valence-electron chi connectivity index (χ3n) is 7.25. The Bertz CT molecular complexity index is 1060. The molecule has 8 heteroatoms. The van der Waals surface area contributed by atoms with Gasteiger partial charge in [-0.05, 0) is 35.1 Å². The van der Waals surface area contributed by atoms with Gasteiger partial charge in [-0.3, -0.25) is 9.59 Å². The van der Waals surface area contributed by atoms with Crippen LogP contribution in [0.5, 0.6) is 0 Å². The molecule has 0 saturated carbocycles. The van der Waals surface area contributed by atoms with Gasteiger partial charge < -0.3 is 24.8 Å². The second kappa shape index (κ2) is 9.10. The lowest BCUT2D eigenvalue weighted by atomic mass is 9.92. The highest BCUT2D eigenvalue weighted by Crippen LogP contribution is 2.44. The molecular formula is C26H28N2O6. The molecule has 0 aromatic heterocycles. The smallest absolute Gasteiger partial charge is 0.408 e. The van der Waals surface area contributed by atoms with E-state index < -0.39 is 23.5 Å². The minimum atomic E-state index is -1.18. The van der Waals surface area contributed by atoms with E-state index in [0.29, 0.717) is 39.0 Å². The van der Waals surface area contributed by atoms with E-state index in [9.17, 15) is 19.5 Å². The fourth-order valence-electron chi connectivity index (χ4n) is 5.35. The molecule has 2 aromatic carbocycles. The summed E-state index contributed by atoms with van der Waals surface area (Å²) < 4.78 is 11.2. The van der Waals surface area contributed by atoms with Crippen molar-refractivity contribution in [2.45, 2.75) is 30.7 Å². The van der Waals surface area contributed by atoms with Gasteiger partial charge >= 0.3 is 12.1 Å². The summed E-state index contributed by atoms with van der Waals surface area (Å²) in [5, 5.41) is 12.0. The molecule has 1 aliphatic carbocycles. The normalized spacial score (nSPS) is 22.2. The van der Waals surface area contributed by atoms with Crippen LogP contribution in [0.25, 0.3) is 11.1 Å². The van der Waals surface area contributed by atoms with Crippen molar-refractivity contribution in [2.24, 2.45) is 5.92 Å². The van der Waals surface area contributed by atoms with Gasteiger partial charge in [-0.2, -0.15) is 0 Å². The van der Waals surface area contributed by atoms with E-state index in [1.54, 1.807) is 4.90 Å². The largest absolute Gasteiger partial charge is 0.481 e. The second-order valence-electron chi connectivity index (χ2n) is 9.24. The van der Waals surface area contributed by atoms with Crippen LogP contribution in [0.15, 0.2) is 48.5 Å². The monoisotopic (exact) mass is 464 g/mol. The van der Waals surface area contributed by atoms with Crippen LogP contribution in [-0.4, -0.2) is 66.4 Å². The maximum atomic E-state index is 13.4. The number of aliphatic carboxylic acids is 1. The van der Waals surface area contributed by atoms with Crippen LogP contribution in [0.3, 0.4) is 0 Å². The number of nitrogens with zero attached hydrogens (tertiary/aromatic N) is 1. The molecule has 2 aromatic rings. The van der Waals surface area contributed by atoms with Crippen molar-refractivity contribution in [3.8, 4) is 11.1 Å². The van der Waals surface area contributed by atoms with Crippen LogP contribution in [-0.2, 0) is 19.1 Å². The van der Waals surface area contributed by atoms with Crippen molar-refractivity contribution in [3.05, 3.63) is 59.7 Å². The number of carbonyl (C=O) groups is 3. The number of carbonyl (C=O) groups excluding carboxylic acids is 2. The number of nitrogens with one attached hydrogen (secondary N) is 1. The van der Waals surface area contributed by atoms with Crippen LogP contribution in [0.1, 0.15) is 36.3 Å². The molecule has 0 spiro atoms. The number of carboxylic acids is 1. The van der Waals surface area contributed by atoms with E-state index in [0.717, 1.165) is 22.3 Å². The van der Waals surface area contributed by atoms with Gasteiger partial charge in [0.2, 0.25) is 0 Å². The molecule has 2 aliphatic heterocycles. The molecule has 2 saturated heterocycles. The summed E-state index contributed by atoms with van der Waals surface area (Å²) in [5.74, 6) is -1.57. The summed E-state index contributed by atoms with van der Waals surface area (Å²) in [6.45, 7) is 1.30. The summed E-state index contributed by atoms with van der Waals surface area (Å²) >= 11 is 0. The van der Waals surface area contributed by atoms with E-state index >= 15 is 0 Å². The third-order valence-corrected chi connectivity index (χ3v) is 7.25. The van der Waals surface area contributed by atoms with Gasteiger partial charge in [-0.25, -0.2) is 4.79 Å². The molecule has 0 bridgehead atoms. The summed E-state index contributed by atoms with van der Waals surface area (Å²) in [4.78, 5) is 39.1. The third kappa shape index (κ3) is 4.03. The number of hydrogen-bond donors (Lipinski definition) is 2. The molecule has 2 heterocycles. The van der Waals surface area contributed by atoms with Crippen LogP contribution >= 0.6 is 0 Å². The van der Waals surface area contributed by atoms with E-state index in [2.05, 4.69) is 29.6 Å². The maximum absolute atomic E-state index is 13.4. The summed E-state index contributed by atoms with van der Waals surface area (Å²) in [5.41, 5.74) is 3.35. The van der Waals surface area contributed by atoms with Crippen molar-refractivity contribution in [3.63, 3.8) is 0 Å². The average Bonchev–Trinajstić information content (AvgIpc) is 3.46. The molecule has 0 radical (unpaired) electrons. The number of benzene rings is 2. The average molecular weight is 465 g/mol. The van der Waals surface area contributed by atoms with Gasteiger partial charge in [0.15, 0.2) is 0 Å². The highest BCUT2D eigenvalue weighted by atomic mass is 16.6. The number of rotatable bonds is 5. The lowest BCUT2D eigenvalue weighted by Crippen LogP contribution is -2.61. The molecule has 2 N–H and O–H groups in total. The summed E-state index contributed by atoms with van der Waals surface area (Å²) in [7, 11) is 0. The van der Waals surface area contributed by atoms with Crippen LogP contribution in [0.2, 0.25) is 0 Å². The Kier molecular flexibility index (Phi) is 6.00. The minimum Gasteiger partial charge on any atom is -0.481 e. The Morgan fingerprint density at radius 3 is 2.21 bits per heavy atom. The molecule has 3 aliphatic rings. The van der Waals surface area contributed by atoms with Gasteiger partial charge in [-0.1, -0.05) is 48.5 Å². The predicted molar refractivity (Wildman–Crippen MR) is 123 cm³/mol. The maximum Gasteiger partial charge on any atom is 0.408 e. The Balaban J connectivity index is 1.25. The van der Waals surface area contributed by atoms with Crippen molar-refractivity contribution < 1.29 is 29.0 Å². The molecule has 1 unspecified atom stereocenters. The number of carboxylic acid groups (broad SMARTS) is 1. The predicted octanol–water partition coefficient (Wildman–Crippen LogP) is 3.01. The Morgan fingerprint density at radius 2 is 1.65 bits per heavy atom. The van der Waals surface area contributed by atoms with Gasteiger partial charge in [0.05, 0.1) is 12.5 Å². The van der Waals surface area contributed by atoms with E-state index in [1.807, 2.05) is 24.3 Å². The first-order valence-corrected chi connectivity index (χ1v) is 11.7. The number of piperidine rings is 1. The zero-order valence-electron chi connectivity index (χ0n) is 18.9. The highest BCUT2D eigenvalue weighted by Gasteiger charge is 2.47. The topological polar surface area (TPSA) is 105 Å². The molecule has 1 atom stereocenters. The number of amides is 2. The first-order chi connectivity index (χ1) is 16.5. The van der Waals surface area contributed by atoms with Crippen LogP contribution < -0.4 is 5.32 Å². The van der Waals surface area contributed by atoms with Gasteiger partial charge in [0.1, 0.15) is 12.1 Å². The fourth-order valence-corrected chi connectivity index (χ4v) is 5.35. The zero-order valence-corrected chi connectivity index (χ0v) is 18.9. The standard InChI is InChI=1S/C26H28N2O6/c29-23(30)17-9-12-28(13-10-17)24(31)26(11-14-33-16-26)27-25(32)34-15-22-20-7-3-1-5-18(20)19-6-2-4-8-21(19)22/h1-8,17,22H,9-16H2,(H,27,32)(H,29,30). The van der Waals surface area contributed by atoms with Gasteiger partial charge in [0.25, 0.3) is 5.91 Å². The molecular weight excluding hydrogens is 436 g/mol.